The molecule has 3 heterocycles. The second-order valence-electron chi connectivity index (χ2n) is 7.20. The molecule has 29 heavy (non-hydrogen) atoms. The summed E-state index contributed by atoms with van der Waals surface area (Å²) < 4.78 is 36.6. The SMILES string of the molecule is CN=C(NCC(C)c1c(C)noc1C)N1CCN(S(=O)(=O)Cc2ccon2)CC1. The van der Waals surface area contributed by atoms with Gasteiger partial charge in [0, 0.05) is 57.3 Å². The zero-order chi connectivity index (χ0) is 21.0. The maximum Gasteiger partial charge on any atom is 0.220 e. The number of aliphatic imine (C=N–C) groups is 1. The average Bonchev–Trinajstić information content (AvgIpc) is 3.31. The molecule has 0 saturated carbocycles. The summed E-state index contributed by atoms with van der Waals surface area (Å²) in [6, 6.07) is 1.57. The second-order valence-corrected chi connectivity index (χ2v) is 9.17. The second kappa shape index (κ2) is 8.95. The Kier molecular flexibility index (Phi) is 6.58. The average molecular weight is 425 g/mol. The Bertz CT molecular complexity index is 910. The minimum atomic E-state index is -3.42. The molecule has 1 N–H and O–H groups in total. The summed E-state index contributed by atoms with van der Waals surface area (Å²) in [7, 11) is -1.69. The predicted molar refractivity (Wildman–Crippen MR) is 108 cm³/mol. The highest BCUT2D eigenvalue weighted by molar-refractivity contribution is 7.88. The van der Waals surface area contributed by atoms with E-state index in [-0.39, 0.29) is 11.7 Å². The first-order chi connectivity index (χ1) is 13.8. The quantitative estimate of drug-likeness (QED) is 0.541. The number of hydrogen-bond donors (Lipinski definition) is 1. The van der Waals surface area contributed by atoms with Crippen LogP contribution < -0.4 is 5.32 Å². The number of aromatic nitrogens is 2. The molecule has 10 nitrogen and oxygen atoms in total. The van der Waals surface area contributed by atoms with Crippen LogP contribution in [0.15, 0.2) is 26.4 Å². The Morgan fingerprint density at radius 3 is 2.55 bits per heavy atom. The van der Waals surface area contributed by atoms with E-state index in [0.29, 0.717) is 38.4 Å². The van der Waals surface area contributed by atoms with E-state index in [4.69, 9.17) is 9.05 Å². The van der Waals surface area contributed by atoms with Gasteiger partial charge in [0.25, 0.3) is 0 Å². The number of piperazine rings is 1. The lowest BCUT2D eigenvalue weighted by Crippen LogP contribution is -2.54. The molecule has 1 atom stereocenters. The van der Waals surface area contributed by atoms with Crippen LogP contribution >= 0.6 is 0 Å². The van der Waals surface area contributed by atoms with Gasteiger partial charge in [-0.25, -0.2) is 8.42 Å². The Hall–Kier alpha value is -2.40. The Labute approximate surface area is 171 Å². The molecular weight excluding hydrogens is 396 g/mol. The number of sulfonamides is 1. The van der Waals surface area contributed by atoms with Crippen LogP contribution in [-0.2, 0) is 15.8 Å². The Morgan fingerprint density at radius 2 is 2.00 bits per heavy atom. The van der Waals surface area contributed by atoms with E-state index in [9.17, 15) is 8.42 Å². The number of rotatable bonds is 6. The normalized spacial score (nSPS) is 17.5. The van der Waals surface area contributed by atoms with Crippen LogP contribution in [0.2, 0.25) is 0 Å². The van der Waals surface area contributed by atoms with Crippen molar-refractivity contribution in [3.8, 4) is 0 Å². The third kappa shape index (κ3) is 4.96. The molecule has 1 aliphatic heterocycles. The molecule has 2 aromatic heterocycles. The fourth-order valence-corrected chi connectivity index (χ4v) is 5.07. The third-order valence-electron chi connectivity index (χ3n) is 5.11. The van der Waals surface area contributed by atoms with E-state index >= 15 is 0 Å². The van der Waals surface area contributed by atoms with E-state index < -0.39 is 10.0 Å². The molecule has 1 unspecified atom stereocenters. The molecule has 0 radical (unpaired) electrons. The molecule has 0 aromatic carbocycles. The summed E-state index contributed by atoms with van der Waals surface area (Å²) in [5, 5.41) is 11.1. The van der Waals surface area contributed by atoms with Gasteiger partial charge < -0.3 is 19.3 Å². The van der Waals surface area contributed by atoms with Crippen molar-refractivity contribution >= 4 is 16.0 Å². The van der Waals surface area contributed by atoms with Crippen molar-refractivity contribution in [2.75, 3.05) is 39.8 Å². The van der Waals surface area contributed by atoms with Crippen LogP contribution in [0.1, 0.15) is 35.6 Å². The van der Waals surface area contributed by atoms with Gasteiger partial charge in [-0.3, -0.25) is 4.99 Å². The van der Waals surface area contributed by atoms with Crippen molar-refractivity contribution in [2.24, 2.45) is 4.99 Å². The molecule has 3 rings (SSSR count). The van der Waals surface area contributed by atoms with Gasteiger partial charge in [0.2, 0.25) is 10.0 Å². The number of guanidine groups is 1. The van der Waals surface area contributed by atoms with Gasteiger partial charge in [-0.15, -0.1) is 0 Å². The smallest absolute Gasteiger partial charge is 0.220 e. The standard InChI is InChI=1S/C18H28N6O4S/c1-13(17-14(2)21-28-15(17)3)11-20-18(19-4)23-6-8-24(9-7-23)29(25,26)12-16-5-10-27-22-16/h5,10,13H,6-9,11-12H2,1-4H3,(H,19,20). The van der Waals surface area contributed by atoms with Crippen molar-refractivity contribution < 1.29 is 17.5 Å². The largest absolute Gasteiger partial charge is 0.364 e. The Morgan fingerprint density at radius 1 is 1.28 bits per heavy atom. The summed E-state index contributed by atoms with van der Waals surface area (Å²) in [5.74, 6) is 1.66. The van der Waals surface area contributed by atoms with Gasteiger partial charge in [0.1, 0.15) is 17.8 Å². The molecule has 0 amide bonds. The lowest BCUT2D eigenvalue weighted by molar-refractivity contribution is 0.259. The van der Waals surface area contributed by atoms with Crippen molar-refractivity contribution in [3.63, 3.8) is 0 Å². The van der Waals surface area contributed by atoms with Crippen LogP contribution in [0.4, 0.5) is 0 Å². The van der Waals surface area contributed by atoms with E-state index in [1.165, 1.54) is 10.6 Å². The zero-order valence-electron chi connectivity index (χ0n) is 17.3. The van der Waals surface area contributed by atoms with Crippen LogP contribution in [0.3, 0.4) is 0 Å². The van der Waals surface area contributed by atoms with E-state index in [1.54, 1.807) is 13.1 Å². The first-order valence-corrected chi connectivity index (χ1v) is 11.2. The number of hydrogen-bond acceptors (Lipinski definition) is 7. The molecular formula is C18H28N6O4S. The van der Waals surface area contributed by atoms with Crippen molar-refractivity contribution in [2.45, 2.75) is 32.4 Å². The number of aryl methyl sites for hydroxylation is 2. The van der Waals surface area contributed by atoms with Gasteiger partial charge in [0.05, 0.1) is 11.4 Å². The zero-order valence-corrected chi connectivity index (χ0v) is 18.1. The first-order valence-electron chi connectivity index (χ1n) is 9.57. The molecule has 160 valence electrons. The summed E-state index contributed by atoms with van der Waals surface area (Å²) in [4.78, 5) is 6.43. The number of nitrogens with one attached hydrogen (secondary N) is 1. The monoisotopic (exact) mass is 424 g/mol. The van der Waals surface area contributed by atoms with Crippen LogP contribution in [-0.4, -0.2) is 73.7 Å². The lowest BCUT2D eigenvalue weighted by Gasteiger charge is -2.36. The van der Waals surface area contributed by atoms with Gasteiger partial charge in [-0.1, -0.05) is 17.2 Å². The van der Waals surface area contributed by atoms with Crippen LogP contribution in [0, 0.1) is 13.8 Å². The summed E-state index contributed by atoms with van der Waals surface area (Å²) >= 11 is 0. The van der Waals surface area contributed by atoms with Crippen molar-refractivity contribution in [1.82, 2.24) is 24.8 Å². The van der Waals surface area contributed by atoms with Gasteiger partial charge in [0.15, 0.2) is 5.96 Å². The minimum absolute atomic E-state index is 0.147. The van der Waals surface area contributed by atoms with Gasteiger partial charge >= 0.3 is 0 Å². The molecule has 1 saturated heterocycles. The molecule has 1 fully saturated rings. The Balaban J connectivity index is 1.53. The maximum absolute atomic E-state index is 12.6. The van der Waals surface area contributed by atoms with E-state index in [1.807, 2.05) is 13.8 Å². The predicted octanol–water partition coefficient (Wildman–Crippen LogP) is 1.11. The van der Waals surface area contributed by atoms with Gasteiger partial charge in [-0.05, 0) is 13.8 Å². The molecule has 0 spiro atoms. The highest BCUT2D eigenvalue weighted by Gasteiger charge is 2.29. The fraction of sp³-hybridized carbons (Fsp3) is 0.611. The molecule has 1 aliphatic rings. The van der Waals surface area contributed by atoms with Crippen molar-refractivity contribution in [3.05, 3.63) is 35.0 Å². The summed E-state index contributed by atoms with van der Waals surface area (Å²) in [6.45, 7) is 8.59. The fourth-order valence-electron chi connectivity index (χ4n) is 3.64. The highest BCUT2D eigenvalue weighted by Crippen LogP contribution is 2.22. The van der Waals surface area contributed by atoms with Crippen LogP contribution in [0.5, 0.6) is 0 Å². The highest BCUT2D eigenvalue weighted by atomic mass is 32.2. The maximum atomic E-state index is 12.6. The molecule has 0 aliphatic carbocycles. The first kappa shape index (κ1) is 21.3. The molecule has 2 aromatic rings. The van der Waals surface area contributed by atoms with E-state index in [2.05, 4.69) is 32.4 Å². The summed E-state index contributed by atoms with van der Waals surface area (Å²) in [5.41, 5.74) is 2.42. The van der Waals surface area contributed by atoms with Crippen LogP contribution in [0.25, 0.3) is 0 Å². The van der Waals surface area contributed by atoms with Crippen molar-refractivity contribution in [1.29, 1.82) is 0 Å². The minimum Gasteiger partial charge on any atom is -0.364 e. The third-order valence-corrected chi connectivity index (χ3v) is 6.93. The van der Waals surface area contributed by atoms with Gasteiger partial charge in [-0.2, -0.15) is 4.31 Å². The topological polar surface area (TPSA) is 117 Å². The lowest BCUT2D eigenvalue weighted by atomic mass is 10.00. The molecule has 11 heteroatoms. The summed E-state index contributed by atoms with van der Waals surface area (Å²) in [6.07, 6.45) is 1.38. The molecule has 0 bridgehead atoms. The number of nitrogens with zero attached hydrogens (tertiary/aromatic N) is 5. The van der Waals surface area contributed by atoms with E-state index in [0.717, 1.165) is 23.0 Å².